The lowest BCUT2D eigenvalue weighted by Crippen LogP contribution is -2.36. The van der Waals surface area contributed by atoms with Gasteiger partial charge in [-0.3, -0.25) is 0 Å². The van der Waals surface area contributed by atoms with Gasteiger partial charge >= 0.3 is 0 Å². The predicted molar refractivity (Wildman–Crippen MR) is 62.8 cm³/mol. The van der Waals surface area contributed by atoms with Crippen LogP contribution in [0.15, 0.2) is 0 Å². The second-order valence-electron chi connectivity index (χ2n) is 5.43. The van der Waals surface area contributed by atoms with E-state index in [1.807, 2.05) is 0 Å². The van der Waals surface area contributed by atoms with E-state index in [0.717, 1.165) is 31.3 Å². The Morgan fingerprint density at radius 1 is 0.933 bits per heavy atom. The third-order valence-corrected chi connectivity index (χ3v) is 4.06. The molecule has 2 fully saturated rings. The molecule has 0 aliphatic heterocycles. The third kappa shape index (κ3) is 3.76. The minimum Gasteiger partial charge on any atom is -0.393 e. The van der Waals surface area contributed by atoms with E-state index in [2.05, 4.69) is 5.32 Å². The molecule has 0 aromatic rings. The SMILES string of the molecule is OC1CCCC(CNC2CCCCC2)C1. The summed E-state index contributed by atoms with van der Waals surface area (Å²) in [5, 5.41) is 13.3. The van der Waals surface area contributed by atoms with Crippen LogP contribution in [0.5, 0.6) is 0 Å². The molecule has 2 heteroatoms. The molecule has 15 heavy (non-hydrogen) atoms. The molecular formula is C13H25NO. The minimum atomic E-state index is -0.0168. The normalized spacial score (nSPS) is 34.2. The van der Waals surface area contributed by atoms with Gasteiger partial charge in [0, 0.05) is 6.04 Å². The second kappa shape index (κ2) is 5.86. The van der Waals surface area contributed by atoms with E-state index in [1.165, 1.54) is 44.9 Å². The maximum Gasteiger partial charge on any atom is 0.0543 e. The summed E-state index contributed by atoms with van der Waals surface area (Å²) >= 11 is 0. The Hall–Kier alpha value is -0.0800. The van der Waals surface area contributed by atoms with Crippen LogP contribution in [0.2, 0.25) is 0 Å². The van der Waals surface area contributed by atoms with Crippen molar-refractivity contribution in [3.8, 4) is 0 Å². The van der Waals surface area contributed by atoms with Gasteiger partial charge in [-0.2, -0.15) is 0 Å². The molecule has 2 atom stereocenters. The number of aliphatic hydroxyl groups is 1. The summed E-state index contributed by atoms with van der Waals surface area (Å²) in [6, 6.07) is 0.776. The summed E-state index contributed by atoms with van der Waals surface area (Å²) in [5.41, 5.74) is 0. The summed E-state index contributed by atoms with van der Waals surface area (Å²) in [7, 11) is 0. The fourth-order valence-corrected chi connectivity index (χ4v) is 3.09. The highest BCUT2D eigenvalue weighted by atomic mass is 16.3. The zero-order valence-corrected chi connectivity index (χ0v) is 9.75. The van der Waals surface area contributed by atoms with Gasteiger partial charge in [0.05, 0.1) is 6.10 Å². The Kier molecular flexibility index (Phi) is 4.45. The van der Waals surface area contributed by atoms with Gasteiger partial charge in [-0.1, -0.05) is 25.7 Å². The zero-order chi connectivity index (χ0) is 10.5. The predicted octanol–water partition coefficient (Wildman–Crippen LogP) is 2.46. The number of aliphatic hydroxyl groups excluding tert-OH is 1. The number of hydrogen-bond acceptors (Lipinski definition) is 2. The Balaban J connectivity index is 1.63. The molecule has 0 aromatic carbocycles. The number of rotatable bonds is 3. The Morgan fingerprint density at radius 3 is 2.47 bits per heavy atom. The van der Waals surface area contributed by atoms with Crippen LogP contribution in [0.25, 0.3) is 0 Å². The standard InChI is InChI=1S/C13H25NO/c15-13-8-4-5-11(9-13)10-14-12-6-2-1-3-7-12/h11-15H,1-10H2. The highest BCUT2D eigenvalue weighted by molar-refractivity contribution is 4.77. The first-order chi connectivity index (χ1) is 7.34. The summed E-state index contributed by atoms with van der Waals surface area (Å²) in [5.74, 6) is 0.732. The van der Waals surface area contributed by atoms with Gasteiger partial charge < -0.3 is 10.4 Å². The van der Waals surface area contributed by atoms with Crippen LogP contribution in [0.3, 0.4) is 0 Å². The van der Waals surface area contributed by atoms with Crippen molar-refractivity contribution in [1.82, 2.24) is 5.32 Å². The van der Waals surface area contributed by atoms with Gasteiger partial charge in [0.15, 0.2) is 0 Å². The molecule has 0 heterocycles. The molecule has 0 saturated heterocycles. The van der Waals surface area contributed by atoms with Gasteiger partial charge in [-0.25, -0.2) is 0 Å². The van der Waals surface area contributed by atoms with E-state index in [1.54, 1.807) is 0 Å². The van der Waals surface area contributed by atoms with E-state index in [-0.39, 0.29) is 6.10 Å². The first kappa shape index (κ1) is 11.4. The first-order valence-corrected chi connectivity index (χ1v) is 6.76. The van der Waals surface area contributed by atoms with Crippen molar-refractivity contribution in [2.45, 2.75) is 69.9 Å². The molecule has 0 aromatic heterocycles. The Morgan fingerprint density at radius 2 is 1.73 bits per heavy atom. The van der Waals surface area contributed by atoms with Crippen molar-refractivity contribution < 1.29 is 5.11 Å². The summed E-state index contributed by atoms with van der Waals surface area (Å²) in [6.07, 6.45) is 11.6. The molecule has 0 radical (unpaired) electrons. The maximum absolute atomic E-state index is 9.59. The van der Waals surface area contributed by atoms with Gasteiger partial charge in [0.1, 0.15) is 0 Å². The lowest BCUT2D eigenvalue weighted by atomic mass is 9.86. The fourth-order valence-electron chi connectivity index (χ4n) is 3.09. The van der Waals surface area contributed by atoms with E-state index < -0.39 is 0 Å². The van der Waals surface area contributed by atoms with Gasteiger partial charge in [-0.05, 0) is 44.6 Å². The summed E-state index contributed by atoms with van der Waals surface area (Å²) in [4.78, 5) is 0. The topological polar surface area (TPSA) is 32.3 Å². The van der Waals surface area contributed by atoms with Crippen LogP contribution < -0.4 is 5.32 Å². The van der Waals surface area contributed by atoms with Crippen molar-refractivity contribution >= 4 is 0 Å². The first-order valence-electron chi connectivity index (χ1n) is 6.76. The highest BCUT2D eigenvalue weighted by Crippen LogP contribution is 2.24. The van der Waals surface area contributed by atoms with E-state index in [0.29, 0.717) is 0 Å². The van der Waals surface area contributed by atoms with E-state index >= 15 is 0 Å². The van der Waals surface area contributed by atoms with E-state index in [4.69, 9.17) is 0 Å². The molecule has 0 bridgehead atoms. The summed E-state index contributed by atoms with van der Waals surface area (Å²) < 4.78 is 0. The molecule has 2 aliphatic carbocycles. The average Bonchev–Trinajstić information content (AvgIpc) is 2.28. The monoisotopic (exact) mass is 211 g/mol. The minimum absolute atomic E-state index is 0.0168. The van der Waals surface area contributed by atoms with Crippen molar-refractivity contribution in [3.05, 3.63) is 0 Å². The smallest absolute Gasteiger partial charge is 0.0543 e. The average molecular weight is 211 g/mol. The number of nitrogens with one attached hydrogen (secondary N) is 1. The molecule has 2 aliphatic rings. The molecule has 2 saturated carbocycles. The van der Waals surface area contributed by atoms with Crippen LogP contribution in [0.1, 0.15) is 57.8 Å². The van der Waals surface area contributed by atoms with Crippen LogP contribution in [0, 0.1) is 5.92 Å². The van der Waals surface area contributed by atoms with E-state index in [9.17, 15) is 5.11 Å². The molecule has 88 valence electrons. The van der Waals surface area contributed by atoms with Crippen LogP contribution in [-0.2, 0) is 0 Å². The highest BCUT2D eigenvalue weighted by Gasteiger charge is 2.21. The van der Waals surface area contributed by atoms with Gasteiger partial charge in [-0.15, -0.1) is 0 Å². The van der Waals surface area contributed by atoms with Gasteiger partial charge in [0.2, 0.25) is 0 Å². The molecule has 2 rings (SSSR count). The molecule has 0 spiro atoms. The summed E-state index contributed by atoms with van der Waals surface area (Å²) in [6.45, 7) is 1.14. The Labute approximate surface area is 93.5 Å². The third-order valence-electron chi connectivity index (χ3n) is 4.06. The maximum atomic E-state index is 9.59. The molecule has 0 amide bonds. The molecule has 2 N–H and O–H groups in total. The quantitative estimate of drug-likeness (QED) is 0.751. The Bertz CT molecular complexity index is 177. The lowest BCUT2D eigenvalue weighted by molar-refractivity contribution is 0.0990. The number of hydrogen-bond donors (Lipinski definition) is 2. The van der Waals surface area contributed by atoms with Gasteiger partial charge in [0.25, 0.3) is 0 Å². The largest absolute Gasteiger partial charge is 0.393 e. The zero-order valence-electron chi connectivity index (χ0n) is 9.75. The van der Waals surface area contributed by atoms with Crippen LogP contribution in [-0.4, -0.2) is 23.8 Å². The van der Waals surface area contributed by atoms with Crippen LogP contribution in [0.4, 0.5) is 0 Å². The van der Waals surface area contributed by atoms with Crippen molar-refractivity contribution in [3.63, 3.8) is 0 Å². The van der Waals surface area contributed by atoms with Crippen molar-refractivity contribution in [1.29, 1.82) is 0 Å². The fraction of sp³-hybridized carbons (Fsp3) is 1.00. The second-order valence-corrected chi connectivity index (χ2v) is 5.43. The molecular weight excluding hydrogens is 186 g/mol. The van der Waals surface area contributed by atoms with Crippen molar-refractivity contribution in [2.24, 2.45) is 5.92 Å². The molecule has 2 nitrogen and oxygen atoms in total. The van der Waals surface area contributed by atoms with Crippen LogP contribution >= 0.6 is 0 Å². The lowest BCUT2D eigenvalue weighted by Gasteiger charge is -2.29. The molecule has 2 unspecified atom stereocenters. The van der Waals surface area contributed by atoms with Crippen molar-refractivity contribution in [2.75, 3.05) is 6.54 Å².